The molecular formula is C15H15NO3. The van der Waals surface area contributed by atoms with Gasteiger partial charge in [0.25, 0.3) is 0 Å². The van der Waals surface area contributed by atoms with Crippen LogP contribution in [0, 0.1) is 11.3 Å². The highest BCUT2D eigenvalue weighted by molar-refractivity contribution is 5.30. The first-order valence-corrected chi connectivity index (χ1v) is 6.37. The Morgan fingerprint density at radius 1 is 1.21 bits per heavy atom. The van der Waals surface area contributed by atoms with Crippen molar-refractivity contribution in [2.24, 2.45) is 0 Å². The summed E-state index contributed by atoms with van der Waals surface area (Å²) in [5.41, 5.74) is 1.59. The van der Waals surface area contributed by atoms with E-state index in [-0.39, 0.29) is 18.3 Å². The lowest BCUT2D eigenvalue weighted by Gasteiger charge is -2.39. The largest absolute Gasteiger partial charge is 0.366 e. The Kier molecular flexibility index (Phi) is 3.34. The highest BCUT2D eigenvalue weighted by atomic mass is 16.7. The van der Waals surface area contributed by atoms with Gasteiger partial charge in [-0.15, -0.1) is 0 Å². The number of hydrogen-bond donors (Lipinski definition) is 0. The van der Waals surface area contributed by atoms with Gasteiger partial charge in [0, 0.05) is 5.56 Å². The van der Waals surface area contributed by atoms with Gasteiger partial charge in [-0.25, -0.2) is 0 Å². The number of nitriles is 1. The summed E-state index contributed by atoms with van der Waals surface area (Å²) < 4.78 is 17.3. The van der Waals surface area contributed by atoms with E-state index in [1.54, 1.807) is 0 Å². The summed E-state index contributed by atoms with van der Waals surface area (Å²) in [7, 11) is 0. The van der Waals surface area contributed by atoms with Crippen molar-refractivity contribution < 1.29 is 14.2 Å². The maximum absolute atomic E-state index is 9.21. The standard InChI is InChI=1S/C15H15NO3/c1-10-7-12(8-16)14-13(18-10)9-17-15(19-14)11-5-3-2-4-6-11/h2-7,10,13-15H,9H2,1H3/t10-,13-,14+,15?/m1/s1. The lowest BCUT2D eigenvalue weighted by Crippen LogP contribution is -2.47. The predicted molar refractivity (Wildman–Crippen MR) is 68.0 cm³/mol. The van der Waals surface area contributed by atoms with Crippen LogP contribution in [0.4, 0.5) is 0 Å². The van der Waals surface area contributed by atoms with E-state index < -0.39 is 6.29 Å². The molecule has 1 aromatic carbocycles. The molecule has 1 unspecified atom stereocenters. The van der Waals surface area contributed by atoms with Crippen molar-refractivity contribution in [1.82, 2.24) is 0 Å². The molecule has 1 aromatic rings. The molecule has 0 saturated carbocycles. The van der Waals surface area contributed by atoms with E-state index in [1.165, 1.54) is 0 Å². The molecular weight excluding hydrogens is 242 g/mol. The van der Waals surface area contributed by atoms with Gasteiger partial charge in [0.1, 0.15) is 12.2 Å². The van der Waals surface area contributed by atoms with Gasteiger partial charge in [-0.3, -0.25) is 0 Å². The van der Waals surface area contributed by atoms with E-state index in [1.807, 2.05) is 43.3 Å². The Morgan fingerprint density at radius 3 is 2.74 bits per heavy atom. The molecule has 1 saturated heterocycles. The third kappa shape index (κ3) is 2.41. The average molecular weight is 257 g/mol. The molecule has 4 heteroatoms. The molecule has 0 amide bonds. The molecule has 0 aromatic heterocycles. The van der Waals surface area contributed by atoms with Gasteiger partial charge in [0.15, 0.2) is 6.29 Å². The highest BCUT2D eigenvalue weighted by Crippen LogP contribution is 2.33. The van der Waals surface area contributed by atoms with Crippen LogP contribution in [-0.4, -0.2) is 24.9 Å². The first kappa shape index (κ1) is 12.4. The quantitative estimate of drug-likeness (QED) is 0.774. The zero-order valence-electron chi connectivity index (χ0n) is 10.7. The van der Waals surface area contributed by atoms with Crippen LogP contribution in [0.2, 0.25) is 0 Å². The second kappa shape index (κ2) is 5.14. The normalized spacial score (nSPS) is 34.0. The predicted octanol–water partition coefficient (Wildman–Crippen LogP) is 2.34. The van der Waals surface area contributed by atoms with Crippen LogP contribution in [0.1, 0.15) is 18.8 Å². The summed E-state index contributed by atoms with van der Waals surface area (Å²) in [6.45, 7) is 2.35. The van der Waals surface area contributed by atoms with Gasteiger partial charge < -0.3 is 14.2 Å². The lowest BCUT2D eigenvalue weighted by atomic mass is 9.99. The Bertz CT molecular complexity index is 520. The maximum atomic E-state index is 9.21. The number of fused-ring (bicyclic) bond motifs is 1. The number of nitrogens with zero attached hydrogens (tertiary/aromatic N) is 1. The van der Waals surface area contributed by atoms with Gasteiger partial charge in [0.2, 0.25) is 0 Å². The van der Waals surface area contributed by atoms with Crippen molar-refractivity contribution in [3.8, 4) is 6.07 Å². The van der Waals surface area contributed by atoms with E-state index in [4.69, 9.17) is 14.2 Å². The molecule has 4 nitrogen and oxygen atoms in total. The van der Waals surface area contributed by atoms with Crippen LogP contribution in [0.25, 0.3) is 0 Å². The number of ether oxygens (including phenoxy) is 3. The van der Waals surface area contributed by atoms with Crippen LogP contribution in [0.15, 0.2) is 42.0 Å². The molecule has 0 radical (unpaired) electrons. The minimum atomic E-state index is -0.434. The molecule has 98 valence electrons. The van der Waals surface area contributed by atoms with Crippen molar-refractivity contribution in [3.05, 3.63) is 47.5 Å². The second-order valence-electron chi connectivity index (χ2n) is 4.75. The van der Waals surface area contributed by atoms with Crippen LogP contribution < -0.4 is 0 Å². The van der Waals surface area contributed by atoms with E-state index in [9.17, 15) is 5.26 Å². The maximum Gasteiger partial charge on any atom is 0.184 e. The number of rotatable bonds is 1. The van der Waals surface area contributed by atoms with E-state index in [0.717, 1.165) is 5.56 Å². The molecule has 0 N–H and O–H groups in total. The molecule has 19 heavy (non-hydrogen) atoms. The SMILES string of the molecule is C[C@@H]1C=C(C#N)[C@@H]2OC(c3ccccc3)OC[C@H]2O1. The first-order valence-electron chi connectivity index (χ1n) is 6.37. The minimum absolute atomic E-state index is 0.0728. The van der Waals surface area contributed by atoms with Crippen molar-refractivity contribution >= 4 is 0 Å². The van der Waals surface area contributed by atoms with Crippen molar-refractivity contribution in [3.63, 3.8) is 0 Å². The molecule has 3 rings (SSSR count). The van der Waals surface area contributed by atoms with Gasteiger partial charge in [0.05, 0.1) is 24.4 Å². The Labute approximate surface area is 112 Å². The zero-order valence-corrected chi connectivity index (χ0v) is 10.7. The molecule has 2 heterocycles. The molecule has 0 spiro atoms. The number of benzene rings is 1. The van der Waals surface area contributed by atoms with E-state index in [0.29, 0.717) is 12.2 Å². The van der Waals surface area contributed by atoms with Crippen LogP contribution in [0.3, 0.4) is 0 Å². The summed E-state index contributed by atoms with van der Waals surface area (Å²) in [6, 6.07) is 11.9. The second-order valence-corrected chi connectivity index (χ2v) is 4.75. The third-order valence-electron chi connectivity index (χ3n) is 3.33. The topological polar surface area (TPSA) is 51.5 Å². The summed E-state index contributed by atoms with van der Waals surface area (Å²) in [6.07, 6.45) is 0.775. The van der Waals surface area contributed by atoms with E-state index in [2.05, 4.69) is 6.07 Å². The monoisotopic (exact) mass is 257 g/mol. The first-order chi connectivity index (χ1) is 9.28. The van der Waals surface area contributed by atoms with E-state index >= 15 is 0 Å². The average Bonchev–Trinajstić information content (AvgIpc) is 2.46. The summed E-state index contributed by atoms with van der Waals surface area (Å²) >= 11 is 0. The van der Waals surface area contributed by atoms with Gasteiger partial charge in [-0.2, -0.15) is 5.26 Å². The fourth-order valence-electron chi connectivity index (χ4n) is 2.46. The van der Waals surface area contributed by atoms with Gasteiger partial charge >= 0.3 is 0 Å². The fraction of sp³-hybridized carbons (Fsp3) is 0.400. The Hall–Kier alpha value is -1.67. The third-order valence-corrected chi connectivity index (χ3v) is 3.33. The van der Waals surface area contributed by atoms with Crippen LogP contribution in [-0.2, 0) is 14.2 Å². The Balaban J connectivity index is 1.82. The van der Waals surface area contributed by atoms with Crippen LogP contribution in [0.5, 0.6) is 0 Å². The molecule has 1 fully saturated rings. The highest BCUT2D eigenvalue weighted by Gasteiger charge is 2.39. The molecule has 0 aliphatic carbocycles. The van der Waals surface area contributed by atoms with Crippen LogP contribution >= 0.6 is 0 Å². The molecule has 4 atom stereocenters. The van der Waals surface area contributed by atoms with Crippen molar-refractivity contribution in [1.29, 1.82) is 5.26 Å². The molecule has 2 aliphatic heterocycles. The van der Waals surface area contributed by atoms with Crippen molar-refractivity contribution in [2.75, 3.05) is 6.61 Å². The summed E-state index contributed by atoms with van der Waals surface area (Å²) in [5, 5.41) is 9.21. The van der Waals surface area contributed by atoms with Crippen molar-refractivity contribution in [2.45, 2.75) is 31.5 Å². The Morgan fingerprint density at radius 2 is 2.00 bits per heavy atom. The number of hydrogen-bond acceptors (Lipinski definition) is 4. The van der Waals surface area contributed by atoms with Gasteiger partial charge in [-0.1, -0.05) is 30.3 Å². The molecule has 0 bridgehead atoms. The smallest absolute Gasteiger partial charge is 0.184 e. The minimum Gasteiger partial charge on any atom is -0.366 e. The van der Waals surface area contributed by atoms with Gasteiger partial charge in [-0.05, 0) is 13.0 Å². The summed E-state index contributed by atoms with van der Waals surface area (Å²) in [5.74, 6) is 0. The molecule has 2 aliphatic rings. The zero-order chi connectivity index (χ0) is 13.2. The summed E-state index contributed by atoms with van der Waals surface area (Å²) in [4.78, 5) is 0. The lowest BCUT2D eigenvalue weighted by molar-refractivity contribution is -0.263. The fourth-order valence-corrected chi connectivity index (χ4v) is 2.46.